The molecule has 1 heterocycles. The van der Waals surface area contributed by atoms with Crippen molar-refractivity contribution in [3.63, 3.8) is 0 Å². The van der Waals surface area contributed by atoms with Gasteiger partial charge in [0.05, 0.1) is 0 Å². The number of hydrogen-bond donors (Lipinski definition) is 1. The number of benzene rings is 3. The number of ether oxygens (including phenoxy) is 1. The van der Waals surface area contributed by atoms with Crippen molar-refractivity contribution in [2.24, 2.45) is 0 Å². The first-order chi connectivity index (χ1) is 17.6. The average Bonchev–Trinajstić information content (AvgIpc) is 3.21. The summed E-state index contributed by atoms with van der Waals surface area (Å²) < 4.78 is 46.5. The van der Waals surface area contributed by atoms with E-state index in [4.69, 9.17) is 4.74 Å². The zero-order chi connectivity index (χ0) is 26.3. The van der Waals surface area contributed by atoms with Crippen molar-refractivity contribution in [3.8, 4) is 11.1 Å². The maximum atomic E-state index is 13.6. The molecule has 4 nitrogen and oxygen atoms in total. The zero-order valence-corrected chi connectivity index (χ0v) is 21.8. The number of nitrogens with zero attached hydrogens (tertiary/aromatic N) is 2. The van der Waals surface area contributed by atoms with Gasteiger partial charge in [-0.25, -0.2) is 4.79 Å². The van der Waals surface area contributed by atoms with Crippen molar-refractivity contribution in [2.75, 3.05) is 32.8 Å². The lowest BCUT2D eigenvalue weighted by Crippen LogP contribution is -2.48. The lowest BCUT2D eigenvalue weighted by Gasteiger charge is -2.35. The van der Waals surface area contributed by atoms with Gasteiger partial charge in [0.25, 0.3) is 0 Å². The Morgan fingerprint density at radius 1 is 0.946 bits per heavy atom. The molecule has 9 heteroatoms. The van der Waals surface area contributed by atoms with Gasteiger partial charge >= 0.3 is 13.1 Å². The van der Waals surface area contributed by atoms with Crippen LogP contribution in [0.5, 0.6) is 0 Å². The molecule has 1 saturated heterocycles. The van der Waals surface area contributed by atoms with Gasteiger partial charge in [0, 0.05) is 43.5 Å². The third-order valence-electron chi connectivity index (χ3n) is 7.67. The molecule has 1 aliphatic heterocycles. The lowest BCUT2D eigenvalue weighted by atomic mass is 9.75. The highest BCUT2D eigenvalue weighted by molar-refractivity contribution is 7.80. The third-order valence-corrected chi connectivity index (χ3v) is 8.34. The smallest absolute Gasteiger partial charge is 0.448 e. The van der Waals surface area contributed by atoms with Crippen LogP contribution in [0.4, 0.5) is 17.7 Å². The molecule has 1 amide bonds. The van der Waals surface area contributed by atoms with Crippen LogP contribution in [-0.4, -0.2) is 55.7 Å². The maximum absolute atomic E-state index is 13.6. The number of fused-ring (bicyclic) bond motifs is 3. The Hall–Kier alpha value is -2.91. The van der Waals surface area contributed by atoms with Gasteiger partial charge in [0.15, 0.2) is 0 Å². The van der Waals surface area contributed by atoms with Crippen LogP contribution in [0.25, 0.3) is 11.1 Å². The van der Waals surface area contributed by atoms with Gasteiger partial charge in [0.2, 0.25) is 0 Å². The molecule has 194 valence electrons. The lowest BCUT2D eigenvalue weighted by molar-refractivity contribution is 0.0728. The van der Waals surface area contributed by atoms with E-state index in [-0.39, 0.29) is 24.2 Å². The zero-order valence-electron chi connectivity index (χ0n) is 20.9. The van der Waals surface area contributed by atoms with Crippen molar-refractivity contribution in [1.82, 2.24) is 9.80 Å². The Kier molecular flexibility index (Phi) is 7.02. The standard InChI is InChI=1S/C28H29BF3N2O2S/c1-18-20(15-26(29(30,31)32)19(2)27(18)37)16-33-11-13-34(14-12-33)28(35)36-17-25-23-9-5-3-7-21(23)22-8-4-6-10-24(22)25/h3-10,15,25,37H,11-14,16-17H2,1-2H3/q-1. The van der Waals surface area contributed by atoms with Gasteiger partial charge < -0.3 is 22.6 Å². The van der Waals surface area contributed by atoms with E-state index in [9.17, 15) is 17.7 Å². The summed E-state index contributed by atoms with van der Waals surface area (Å²) in [6.07, 6.45) is -0.354. The van der Waals surface area contributed by atoms with E-state index in [0.717, 1.165) is 16.7 Å². The highest BCUT2D eigenvalue weighted by Gasteiger charge is 2.32. The van der Waals surface area contributed by atoms with E-state index in [0.29, 0.717) is 43.2 Å². The normalized spacial score (nSPS) is 16.0. The second-order valence-electron chi connectivity index (χ2n) is 9.87. The molecule has 5 rings (SSSR count). The SMILES string of the molecule is Cc1c(CN2CCN(C(=O)OCC3c4ccccc4-c4ccccc43)CC2)cc([B-](F)(F)F)c(C)c1S. The topological polar surface area (TPSA) is 32.8 Å². The fourth-order valence-electron chi connectivity index (χ4n) is 5.49. The summed E-state index contributed by atoms with van der Waals surface area (Å²) in [5.41, 5.74) is 5.68. The molecule has 0 N–H and O–H groups in total. The molecule has 1 aliphatic carbocycles. The summed E-state index contributed by atoms with van der Waals surface area (Å²) in [4.78, 5) is 17.0. The van der Waals surface area contributed by atoms with Gasteiger partial charge in [-0.05, 0) is 47.2 Å². The predicted molar refractivity (Wildman–Crippen MR) is 144 cm³/mol. The summed E-state index contributed by atoms with van der Waals surface area (Å²) in [6, 6.07) is 17.7. The highest BCUT2D eigenvalue weighted by atomic mass is 32.1. The molecule has 0 radical (unpaired) electrons. The van der Waals surface area contributed by atoms with E-state index in [1.54, 1.807) is 4.90 Å². The predicted octanol–water partition coefficient (Wildman–Crippen LogP) is 5.71. The molecule has 2 aliphatic rings. The number of halogens is 3. The molecule has 3 aromatic carbocycles. The molecule has 0 atom stereocenters. The first-order valence-corrected chi connectivity index (χ1v) is 12.9. The maximum Gasteiger partial charge on any atom is 0.509 e. The number of amides is 1. The molecule has 0 saturated carbocycles. The van der Waals surface area contributed by atoms with Crippen LogP contribution in [0.1, 0.15) is 33.7 Å². The van der Waals surface area contributed by atoms with E-state index in [1.807, 2.05) is 31.2 Å². The Balaban J connectivity index is 1.20. The van der Waals surface area contributed by atoms with E-state index in [1.165, 1.54) is 24.1 Å². The summed E-state index contributed by atoms with van der Waals surface area (Å²) in [5.74, 6) is 0.00186. The van der Waals surface area contributed by atoms with Gasteiger partial charge in [-0.3, -0.25) is 4.90 Å². The van der Waals surface area contributed by atoms with Crippen molar-refractivity contribution in [1.29, 1.82) is 0 Å². The van der Waals surface area contributed by atoms with E-state index < -0.39 is 12.4 Å². The largest absolute Gasteiger partial charge is 0.509 e. The number of rotatable bonds is 5. The number of thiol groups is 1. The van der Waals surface area contributed by atoms with E-state index >= 15 is 0 Å². The van der Waals surface area contributed by atoms with Crippen LogP contribution in [-0.2, 0) is 11.3 Å². The van der Waals surface area contributed by atoms with Crippen molar-refractivity contribution >= 4 is 31.2 Å². The molecule has 0 aromatic heterocycles. The first-order valence-electron chi connectivity index (χ1n) is 12.5. The van der Waals surface area contributed by atoms with Crippen LogP contribution in [0.2, 0.25) is 0 Å². The monoisotopic (exact) mass is 525 g/mol. The van der Waals surface area contributed by atoms with Gasteiger partial charge in [-0.1, -0.05) is 60.2 Å². The molecule has 0 spiro atoms. The second-order valence-corrected chi connectivity index (χ2v) is 10.3. The highest BCUT2D eigenvalue weighted by Crippen LogP contribution is 2.44. The van der Waals surface area contributed by atoms with Crippen molar-refractivity contribution < 1.29 is 22.5 Å². The Morgan fingerprint density at radius 3 is 2.08 bits per heavy atom. The Morgan fingerprint density at radius 2 is 1.51 bits per heavy atom. The quantitative estimate of drug-likeness (QED) is 0.342. The Bertz CT molecular complexity index is 1290. The fraction of sp³-hybridized carbons (Fsp3) is 0.321. The van der Waals surface area contributed by atoms with Crippen LogP contribution in [0.3, 0.4) is 0 Å². The Labute approximate surface area is 220 Å². The van der Waals surface area contributed by atoms with Gasteiger partial charge in [0.1, 0.15) is 6.61 Å². The van der Waals surface area contributed by atoms with Crippen LogP contribution in [0, 0.1) is 13.8 Å². The van der Waals surface area contributed by atoms with E-state index in [2.05, 4.69) is 41.8 Å². The van der Waals surface area contributed by atoms with Crippen LogP contribution >= 0.6 is 12.6 Å². The minimum absolute atomic E-state index is 0.00186. The number of piperazine rings is 1. The average molecular weight is 525 g/mol. The summed E-state index contributed by atoms with van der Waals surface area (Å²) >= 11 is 4.36. The molecule has 3 aromatic rings. The minimum Gasteiger partial charge on any atom is -0.448 e. The molecule has 37 heavy (non-hydrogen) atoms. The third kappa shape index (κ3) is 4.99. The molecule has 0 unspecified atom stereocenters. The molecule has 0 bridgehead atoms. The molecular formula is C28H29BF3N2O2S-. The summed E-state index contributed by atoms with van der Waals surface area (Å²) in [6.45, 7) is 0.868. The number of carbonyl (C=O) groups excluding carboxylic acids is 1. The number of hydrogen-bond acceptors (Lipinski definition) is 4. The van der Waals surface area contributed by atoms with Gasteiger partial charge in [-0.2, -0.15) is 0 Å². The van der Waals surface area contributed by atoms with Crippen LogP contribution in [0.15, 0.2) is 59.5 Å². The summed E-state index contributed by atoms with van der Waals surface area (Å²) in [5, 5.41) is 0. The summed E-state index contributed by atoms with van der Waals surface area (Å²) in [7, 11) is 0. The van der Waals surface area contributed by atoms with Crippen molar-refractivity contribution in [3.05, 3.63) is 82.4 Å². The van der Waals surface area contributed by atoms with Crippen LogP contribution < -0.4 is 5.46 Å². The second kappa shape index (κ2) is 10.1. The molecule has 1 fully saturated rings. The number of carbonyl (C=O) groups is 1. The molecular weight excluding hydrogens is 496 g/mol. The first kappa shape index (κ1) is 25.7. The van der Waals surface area contributed by atoms with Gasteiger partial charge in [-0.15, -0.1) is 18.1 Å². The van der Waals surface area contributed by atoms with Crippen molar-refractivity contribution in [2.45, 2.75) is 31.2 Å². The minimum atomic E-state index is -5.11. The fourth-order valence-corrected chi connectivity index (χ4v) is 5.77.